The predicted octanol–water partition coefficient (Wildman–Crippen LogP) is 6.07. The molecule has 2 heterocycles. The van der Waals surface area contributed by atoms with Crippen LogP contribution in [0.25, 0.3) is 5.76 Å². The molecular weight excluding hydrogens is 486 g/mol. The van der Waals surface area contributed by atoms with E-state index in [-0.39, 0.29) is 17.4 Å². The summed E-state index contributed by atoms with van der Waals surface area (Å²) in [6, 6.07) is 14.8. The van der Waals surface area contributed by atoms with E-state index in [0.29, 0.717) is 28.5 Å². The number of amides is 1. The van der Waals surface area contributed by atoms with Gasteiger partial charge in [-0.25, -0.2) is 0 Å². The number of Topliss-reactive ketones (excluding diaryl/α,β-unsaturated/α-hetero) is 1. The number of nitrogens with zero attached hydrogens (tertiary/aromatic N) is 1. The highest BCUT2D eigenvalue weighted by Gasteiger charge is 2.48. The molecule has 6 nitrogen and oxygen atoms in total. The Bertz CT molecular complexity index is 1270. The largest absolute Gasteiger partial charge is 0.507 e. The number of aliphatic hydroxyl groups is 1. The number of aryl methyl sites for hydroxylation is 2. The first-order chi connectivity index (χ1) is 15.7. The first-order valence-electron chi connectivity index (χ1n) is 10.6. The third kappa shape index (κ3) is 4.33. The molecule has 1 aliphatic rings. The van der Waals surface area contributed by atoms with Gasteiger partial charge in [0.15, 0.2) is 0 Å². The van der Waals surface area contributed by atoms with Crippen LogP contribution >= 0.6 is 15.9 Å². The number of halogens is 1. The minimum atomic E-state index is -0.903. The van der Waals surface area contributed by atoms with Crippen molar-refractivity contribution in [1.29, 1.82) is 0 Å². The van der Waals surface area contributed by atoms with Gasteiger partial charge in [-0.15, -0.1) is 0 Å². The zero-order chi connectivity index (χ0) is 23.9. The third-order valence-electron chi connectivity index (χ3n) is 5.37. The van der Waals surface area contributed by atoms with Crippen LogP contribution in [0.4, 0.5) is 5.69 Å². The number of hydrogen-bond donors (Lipinski definition) is 1. The van der Waals surface area contributed by atoms with Crippen LogP contribution < -0.4 is 9.64 Å². The van der Waals surface area contributed by atoms with Gasteiger partial charge in [-0.05, 0) is 81.8 Å². The Kier molecular flexibility index (Phi) is 6.17. The van der Waals surface area contributed by atoms with Crippen molar-refractivity contribution in [3.05, 3.63) is 87.3 Å². The summed E-state index contributed by atoms with van der Waals surface area (Å²) in [7, 11) is 0. The molecule has 1 amide bonds. The van der Waals surface area contributed by atoms with Crippen LogP contribution in [0, 0.1) is 13.8 Å². The summed E-state index contributed by atoms with van der Waals surface area (Å²) in [4.78, 5) is 27.7. The highest BCUT2D eigenvalue weighted by atomic mass is 79.9. The number of benzene rings is 2. The molecule has 0 radical (unpaired) electrons. The average Bonchev–Trinajstić information content (AvgIpc) is 3.30. The summed E-state index contributed by atoms with van der Waals surface area (Å²) in [5, 5.41) is 11.3. The molecule has 1 aromatic heterocycles. The number of carbonyl (C=O) groups is 2. The molecule has 0 spiro atoms. The minimum absolute atomic E-state index is 0.000796. The second-order valence-corrected chi connectivity index (χ2v) is 9.16. The summed E-state index contributed by atoms with van der Waals surface area (Å²) in [5.74, 6) is -0.0455. The monoisotopic (exact) mass is 509 g/mol. The fourth-order valence-corrected chi connectivity index (χ4v) is 4.32. The van der Waals surface area contributed by atoms with Crippen LogP contribution in [0.3, 0.4) is 0 Å². The minimum Gasteiger partial charge on any atom is -0.507 e. The fraction of sp³-hybridized carbons (Fsp3) is 0.231. The maximum Gasteiger partial charge on any atom is 0.300 e. The van der Waals surface area contributed by atoms with Gasteiger partial charge >= 0.3 is 0 Å². The Balaban J connectivity index is 1.88. The normalized spacial score (nSPS) is 17.8. The summed E-state index contributed by atoms with van der Waals surface area (Å²) < 4.78 is 12.4. The molecule has 1 N–H and O–H groups in total. The van der Waals surface area contributed by atoms with Gasteiger partial charge in [-0.1, -0.05) is 22.0 Å². The average molecular weight is 510 g/mol. The van der Waals surface area contributed by atoms with Crippen molar-refractivity contribution in [3.8, 4) is 5.75 Å². The van der Waals surface area contributed by atoms with Gasteiger partial charge in [-0.3, -0.25) is 14.5 Å². The molecule has 1 unspecified atom stereocenters. The van der Waals surface area contributed by atoms with Crippen molar-refractivity contribution in [2.24, 2.45) is 0 Å². The first-order valence-corrected chi connectivity index (χ1v) is 11.4. The molecule has 2 aromatic carbocycles. The Morgan fingerprint density at radius 1 is 1.09 bits per heavy atom. The Hall–Kier alpha value is -3.32. The second-order valence-electron chi connectivity index (χ2n) is 8.24. The number of ether oxygens (including phenoxy) is 1. The SMILES string of the molecule is Cc1ccc(C2/C(=C(/O)c3ccc(OC(C)C)c(C)c3)C(=O)C(=O)N2c2cccc(Br)c2)o1. The molecule has 0 bridgehead atoms. The lowest BCUT2D eigenvalue weighted by Gasteiger charge is -2.23. The van der Waals surface area contributed by atoms with E-state index >= 15 is 0 Å². The number of carbonyl (C=O) groups excluding carboxylic acids is 2. The van der Waals surface area contributed by atoms with E-state index in [1.54, 1.807) is 55.5 Å². The molecule has 33 heavy (non-hydrogen) atoms. The maximum absolute atomic E-state index is 13.2. The summed E-state index contributed by atoms with van der Waals surface area (Å²) in [5.41, 5.74) is 1.72. The molecule has 170 valence electrons. The van der Waals surface area contributed by atoms with Crippen LogP contribution in [-0.4, -0.2) is 22.9 Å². The van der Waals surface area contributed by atoms with E-state index in [2.05, 4.69) is 15.9 Å². The van der Waals surface area contributed by atoms with Crippen molar-refractivity contribution >= 4 is 39.1 Å². The van der Waals surface area contributed by atoms with Crippen molar-refractivity contribution < 1.29 is 23.8 Å². The Labute approximate surface area is 200 Å². The van der Waals surface area contributed by atoms with Gasteiger partial charge < -0.3 is 14.3 Å². The Morgan fingerprint density at radius 3 is 2.45 bits per heavy atom. The highest BCUT2D eigenvalue weighted by molar-refractivity contribution is 9.10. The quantitative estimate of drug-likeness (QED) is 0.256. The van der Waals surface area contributed by atoms with E-state index in [4.69, 9.17) is 9.15 Å². The van der Waals surface area contributed by atoms with Gasteiger partial charge in [0.25, 0.3) is 11.7 Å². The van der Waals surface area contributed by atoms with Crippen molar-refractivity contribution in [2.75, 3.05) is 4.90 Å². The van der Waals surface area contributed by atoms with Gasteiger partial charge in [0, 0.05) is 15.7 Å². The maximum atomic E-state index is 13.2. The lowest BCUT2D eigenvalue weighted by atomic mass is 9.98. The zero-order valence-electron chi connectivity index (χ0n) is 18.8. The summed E-state index contributed by atoms with van der Waals surface area (Å²) in [6.45, 7) is 7.51. The van der Waals surface area contributed by atoms with Crippen LogP contribution in [-0.2, 0) is 9.59 Å². The number of furan rings is 1. The van der Waals surface area contributed by atoms with Crippen molar-refractivity contribution in [2.45, 2.75) is 39.8 Å². The summed E-state index contributed by atoms with van der Waals surface area (Å²) in [6.07, 6.45) is 0.000796. The Morgan fingerprint density at radius 2 is 1.85 bits per heavy atom. The van der Waals surface area contributed by atoms with Gasteiger partial charge in [-0.2, -0.15) is 0 Å². The van der Waals surface area contributed by atoms with Crippen LogP contribution in [0.1, 0.15) is 42.5 Å². The van der Waals surface area contributed by atoms with Crippen LogP contribution in [0.15, 0.2) is 69.1 Å². The number of hydrogen-bond acceptors (Lipinski definition) is 5. The molecular formula is C26H24BrNO5. The topological polar surface area (TPSA) is 80.0 Å². The summed E-state index contributed by atoms with van der Waals surface area (Å²) >= 11 is 3.42. The van der Waals surface area contributed by atoms with Crippen molar-refractivity contribution in [1.82, 2.24) is 0 Å². The molecule has 0 saturated carbocycles. The van der Waals surface area contributed by atoms with Crippen molar-refractivity contribution in [3.63, 3.8) is 0 Å². The van der Waals surface area contributed by atoms with Gasteiger partial charge in [0.05, 0.1) is 11.7 Å². The highest BCUT2D eigenvalue weighted by Crippen LogP contribution is 2.43. The number of rotatable bonds is 5. The fourth-order valence-electron chi connectivity index (χ4n) is 3.93. The zero-order valence-corrected chi connectivity index (χ0v) is 20.3. The van der Waals surface area contributed by atoms with Crippen LogP contribution in [0.2, 0.25) is 0 Å². The smallest absolute Gasteiger partial charge is 0.300 e. The van der Waals surface area contributed by atoms with Crippen LogP contribution in [0.5, 0.6) is 5.75 Å². The van der Waals surface area contributed by atoms with E-state index in [1.165, 1.54) is 4.90 Å². The molecule has 4 rings (SSSR count). The third-order valence-corrected chi connectivity index (χ3v) is 5.87. The molecule has 1 atom stereocenters. The molecule has 1 fully saturated rings. The molecule has 1 aliphatic heterocycles. The lowest BCUT2D eigenvalue weighted by Crippen LogP contribution is -2.29. The predicted molar refractivity (Wildman–Crippen MR) is 129 cm³/mol. The molecule has 7 heteroatoms. The molecule has 3 aromatic rings. The second kappa shape index (κ2) is 8.90. The number of ketones is 1. The number of anilines is 1. The molecule has 1 saturated heterocycles. The first kappa shape index (κ1) is 22.9. The standard InChI is InChI=1S/C26H24BrNO5/c1-14(2)32-20-11-9-17(12-15(20)3)24(29)22-23(21-10-8-16(4)33-21)28(26(31)25(22)30)19-7-5-6-18(27)13-19/h5-14,23,29H,1-4H3/b24-22-. The van der Waals surface area contributed by atoms with E-state index in [0.717, 1.165) is 10.0 Å². The lowest BCUT2D eigenvalue weighted by molar-refractivity contribution is -0.132. The molecule has 0 aliphatic carbocycles. The van der Waals surface area contributed by atoms with Gasteiger partial charge in [0.2, 0.25) is 0 Å². The van der Waals surface area contributed by atoms with E-state index in [9.17, 15) is 14.7 Å². The number of aliphatic hydroxyl groups excluding tert-OH is 1. The van der Waals surface area contributed by atoms with Gasteiger partial charge in [0.1, 0.15) is 29.1 Å². The van der Waals surface area contributed by atoms with E-state index < -0.39 is 17.7 Å². The van der Waals surface area contributed by atoms with E-state index in [1.807, 2.05) is 26.8 Å².